The van der Waals surface area contributed by atoms with Crippen molar-refractivity contribution < 1.29 is 13.2 Å². The monoisotopic (exact) mass is 557 g/mol. The predicted molar refractivity (Wildman–Crippen MR) is 148 cm³/mol. The van der Waals surface area contributed by atoms with Gasteiger partial charge in [0.05, 0.1) is 22.8 Å². The lowest BCUT2D eigenvalue weighted by Crippen LogP contribution is -2.38. The van der Waals surface area contributed by atoms with E-state index in [-0.39, 0.29) is 17.3 Å². The molecule has 6 nitrogen and oxygen atoms in total. The van der Waals surface area contributed by atoms with Gasteiger partial charge in [0.1, 0.15) is 12.4 Å². The highest BCUT2D eigenvalue weighted by molar-refractivity contribution is 7.92. The van der Waals surface area contributed by atoms with Gasteiger partial charge in [0.15, 0.2) is 0 Å². The van der Waals surface area contributed by atoms with Crippen LogP contribution >= 0.6 is 35.6 Å². The van der Waals surface area contributed by atoms with Gasteiger partial charge in [-0.3, -0.25) is 4.31 Å². The summed E-state index contributed by atoms with van der Waals surface area (Å²) in [5, 5.41) is 1.14. The van der Waals surface area contributed by atoms with Crippen LogP contribution in [0.2, 0.25) is 10.0 Å². The van der Waals surface area contributed by atoms with E-state index in [1.165, 1.54) is 16.4 Å². The SMILES string of the molecule is CN(C)CCN(c1ccccc1N(C)CCOc1ccc(Cl)cc1)S(=O)(=O)c1ccc(Cl)cc1.Cl. The van der Waals surface area contributed by atoms with E-state index >= 15 is 0 Å². The fourth-order valence-corrected chi connectivity index (χ4v) is 5.07. The molecule has 3 rings (SSSR count). The standard InChI is InChI=1S/C25H29Cl2N3O3S.ClH/c1-28(2)16-17-30(34(31,32)23-14-10-21(27)11-15-23)25-7-5-4-6-24(25)29(3)18-19-33-22-12-8-20(26)9-13-22;/h4-15H,16-19H2,1-3H3;1H. The van der Waals surface area contributed by atoms with Crippen molar-refractivity contribution in [2.75, 3.05) is 56.6 Å². The minimum atomic E-state index is -3.81. The van der Waals surface area contributed by atoms with Crippen molar-refractivity contribution in [1.29, 1.82) is 0 Å². The number of hydrogen-bond donors (Lipinski definition) is 0. The van der Waals surface area contributed by atoms with Crippen LogP contribution in [0, 0.1) is 0 Å². The fraction of sp³-hybridized carbons (Fsp3) is 0.280. The second-order valence-electron chi connectivity index (χ2n) is 8.05. The molecule has 0 amide bonds. The van der Waals surface area contributed by atoms with Crippen molar-refractivity contribution in [1.82, 2.24) is 4.90 Å². The Morgan fingerprint density at radius 3 is 1.86 bits per heavy atom. The molecular formula is C25H30Cl3N3O3S. The van der Waals surface area contributed by atoms with Gasteiger partial charge in [0, 0.05) is 30.2 Å². The van der Waals surface area contributed by atoms with E-state index in [0.29, 0.717) is 42.0 Å². The molecular weight excluding hydrogens is 529 g/mol. The highest BCUT2D eigenvalue weighted by Crippen LogP contribution is 2.33. The van der Waals surface area contributed by atoms with Crippen LogP contribution in [-0.4, -0.2) is 60.7 Å². The summed E-state index contributed by atoms with van der Waals surface area (Å²) in [5.74, 6) is 0.726. The minimum Gasteiger partial charge on any atom is -0.492 e. The molecule has 0 aromatic heterocycles. The molecule has 0 aliphatic heterocycles. The van der Waals surface area contributed by atoms with Crippen LogP contribution in [0.3, 0.4) is 0 Å². The molecule has 35 heavy (non-hydrogen) atoms. The lowest BCUT2D eigenvalue weighted by molar-refractivity contribution is 0.326. The highest BCUT2D eigenvalue weighted by atomic mass is 35.5. The lowest BCUT2D eigenvalue weighted by Gasteiger charge is -2.31. The molecule has 0 saturated heterocycles. The molecule has 0 saturated carbocycles. The normalized spacial score (nSPS) is 11.1. The first kappa shape index (κ1) is 29.1. The first-order valence-electron chi connectivity index (χ1n) is 10.8. The molecule has 0 N–H and O–H groups in total. The zero-order valence-electron chi connectivity index (χ0n) is 19.9. The van der Waals surface area contributed by atoms with E-state index < -0.39 is 10.0 Å². The predicted octanol–water partition coefficient (Wildman–Crippen LogP) is 5.69. The van der Waals surface area contributed by atoms with Crippen LogP contribution in [0.5, 0.6) is 5.75 Å². The van der Waals surface area contributed by atoms with E-state index in [0.717, 1.165) is 11.4 Å². The first-order chi connectivity index (χ1) is 16.2. The first-order valence-corrected chi connectivity index (χ1v) is 13.0. The zero-order chi connectivity index (χ0) is 24.7. The maximum absolute atomic E-state index is 13.7. The van der Waals surface area contributed by atoms with Gasteiger partial charge in [-0.05, 0) is 74.8 Å². The summed E-state index contributed by atoms with van der Waals surface area (Å²) in [7, 11) is 1.94. The van der Waals surface area contributed by atoms with Gasteiger partial charge in [-0.1, -0.05) is 35.3 Å². The second kappa shape index (κ2) is 13.2. The van der Waals surface area contributed by atoms with Gasteiger partial charge in [-0.15, -0.1) is 12.4 Å². The lowest BCUT2D eigenvalue weighted by atomic mass is 10.2. The third-order valence-electron chi connectivity index (χ3n) is 5.22. The van der Waals surface area contributed by atoms with Crippen molar-refractivity contribution in [2.45, 2.75) is 4.90 Å². The third-order valence-corrected chi connectivity index (χ3v) is 7.55. The highest BCUT2D eigenvalue weighted by Gasteiger charge is 2.27. The van der Waals surface area contributed by atoms with Gasteiger partial charge in [0.25, 0.3) is 10.0 Å². The Hall–Kier alpha value is -2.16. The molecule has 3 aromatic carbocycles. The smallest absolute Gasteiger partial charge is 0.264 e. The number of benzene rings is 3. The van der Waals surface area contributed by atoms with Gasteiger partial charge in [-0.2, -0.15) is 0 Å². The summed E-state index contributed by atoms with van der Waals surface area (Å²) in [6.45, 7) is 1.84. The molecule has 0 fully saturated rings. The van der Waals surface area contributed by atoms with Crippen molar-refractivity contribution >= 4 is 57.0 Å². The maximum atomic E-state index is 13.7. The van der Waals surface area contributed by atoms with Gasteiger partial charge in [0.2, 0.25) is 0 Å². The average molecular weight is 559 g/mol. The molecule has 0 atom stereocenters. The molecule has 0 spiro atoms. The van der Waals surface area contributed by atoms with Gasteiger partial charge in [-0.25, -0.2) is 8.42 Å². The molecule has 10 heteroatoms. The Bertz CT molecular complexity index is 1170. The van der Waals surface area contributed by atoms with Crippen molar-refractivity contribution in [3.8, 4) is 5.75 Å². The largest absolute Gasteiger partial charge is 0.492 e. The molecule has 0 heterocycles. The maximum Gasteiger partial charge on any atom is 0.264 e. The molecule has 0 aliphatic carbocycles. The van der Waals surface area contributed by atoms with Crippen LogP contribution < -0.4 is 13.9 Å². The average Bonchev–Trinajstić information content (AvgIpc) is 2.80. The van der Waals surface area contributed by atoms with Crippen LogP contribution in [0.25, 0.3) is 0 Å². The summed E-state index contributed by atoms with van der Waals surface area (Å²) < 4.78 is 34.6. The Morgan fingerprint density at radius 2 is 1.29 bits per heavy atom. The number of ether oxygens (including phenoxy) is 1. The number of sulfonamides is 1. The number of rotatable bonds is 11. The summed E-state index contributed by atoms with van der Waals surface area (Å²) in [4.78, 5) is 4.14. The Morgan fingerprint density at radius 1 is 0.743 bits per heavy atom. The van der Waals surface area contributed by atoms with E-state index in [1.807, 2.05) is 67.3 Å². The Labute approximate surface area is 224 Å². The molecule has 0 bridgehead atoms. The van der Waals surface area contributed by atoms with Crippen molar-refractivity contribution in [3.63, 3.8) is 0 Å². The van der Waals surface area contributed by atoms with Crippen LogP contribution in [0.1, 0.15) is 0 Å². The topological polar surface area (TPSA) is 53.1 Å². The fourth-order valence-electron chi connectivity index (χ4n) is 3.34. The number of hydrogen-bond acceptors (Lipinski definition) is 5. The summed E-state index contributed by atoms with van der Waals surface area (Å²) in [5.41, 5.74) is 1.40. The Kier molecular flexibility index (Phi) is 11.0. The zero-order valence-corrected chi connectivity index (χ0v) is 23.0. The molecule has 3 aromatic rings. The van der Waals surface area contributed by atoms with Gasteiger partial charge < -0.3 is 14.5 Å². The number of likely N-dealkylation sites (N-methyl/N-ethyl adjacent to an activating group) is 2. The summed E-state index contributed by atoms with van der Waals surface area (Å²) in [6.07, 6.45) is 0. The van der Waals surface area contributed by atoms with Crippen LogP contribution in [0.4, 0.5) is 11.4 Å². The number of para-hydroxylation sites is 2. The van der Waals surface area contributed by atoms with E-state index in [1.54, 1.807) is 24.3 Å². The number of halogens is 3. The van der Waals surface area contributed by atoms with E-state index in [9.17, 15) is 8.42 Å². The minimum absolute atomic E-state index is 0. The van der Waals surface area contributed by atoms with E-state index in [4.69, 9.17) is 27.9 Å². The van der Waals surface area contributed by atoms with Crippen LogP contribution in [0.15, 0.2) is 77.7 Å². The molecule has 0 aliphatic rings. The van der Waals surface area contributed by atoms with Crippen molar-refractivity contribution in [2.24, 2.45) is 0 Å². The van der Waals surface area contributed by atoms with Gasteiger partial charge >= 0.3 is 0 Å². The van der Waals surface area contributed by atoms with Crippen molar-refractivity contribution in [3.05, 3.63) is 82.8 Å². The number of nitrogens with zero attached hydrogens (tertiary/aromatic N) is 3. The Balaban J connectivity index is 0.00000432. The number of anilines is 2. The second-order valence-corrected chi connectivity index (χ2v) is 10.8. The molecule has 0 radical (unpaired) electrons. The quantitative estimate of drug-likeness (QED) is 0.303. The molecule has 0 unspecified atom stereocenters. The molecule has 190 valence electrons. The third kappa shape index (κ3) is 7.92. The summed E-state index contributed by atoms with van der Waals surface area (Å²) in [6, 6.07) is 20.9. The van der Waals surface area contributed by atoms with Crippen LogP contribution in [-0.2, 0) is 10.0 Å². The summed E-state index contributed by atoms with van der Waals surface area (Å²) >= 11 is 11.9. The van der Waals surface area contributed by atoms with E-state index in [2.05, 4.69) is 0 Å².